The molecule has 0 atom stereocenters. The van der Waals surface area contributed by atoms with E-state index in [1.807, 2.05) is 0 Å². The van der Waals surface area contributed by atoms with Crippen LogP contribution in [0.5, 0.6) is 0 Å². The van der Waals surface area contributed by atoms with Crippen molar-refractivity contribution in [3.05, 3.63) is 11.6 Å². The predicted molar refractivity (Wildman–Crippen MR) is 113 cm³/mol. The highest BCUT2D eigenvalue weighted by molar-refractivity contribution is 9.09. The van der Waals surface area contributed by atoms with Crippen LogP contribution in [-0.2, 0) is 9.53 Å². The molecule has 0 rings (SSSR count). The van der Waals surface area contributed by atoms with Crippen molar-refractivity contribution in [2.24, 2.45) is 0 Å². The zero-order valence-electron chi connectivity index (χ0n) is 16.8. The second-order valence-electron chi connectivity index (χ2n) is 7.05. The van der Waals surface area contributed by atoms with Crippen LogP contribution in [0.4, 0.5) is 0 Å². The number of rotatable bonds is 18. The van der Waals surface area contributed by atoms with Gasteiger partial charge in [0.15, 0.2) is 0 Å². The zero-order valence-corrected chi connectivity index (χ0v) is 18.4. The summed E-state index contributed by atoms with van der Waals surface area (Å²) in [7, 11) is 0. The highest BCUT2D eigenvalue weighted by Gasteiger charge is 2.04. The van der Waals surface area contributed by atoms with E-state index < -0.39 is 0 Å². The molecule has 0 saturated heterocycles. The number of unbranched alkanes of at least 4 members (excludes halogenated alkanes) is 10. The summed E-state index contributed by atoms with van der Waals surface area (Å²) < 4.78 is 5.35. The van der Waals surface area contributed by atoms with Gasteiger partial charge in [0.25, 0.3) is 0 Å². The topological polar surface area (TPSA) is 26.3 Å². The molecular formula is C22H41BrO2. The Balaban J connectivity index is 3.94. The first-order chi connectivity index (χ1) is 12.2. The Labute approximate surface area is 165 Å². The molecule has 0 bridgehead atoms. The Morgan fingerprint density at radius 2 is 1.32 bits per heavy atom. The van der Waals surface area contributed by atoms with Crippen LogP contribution in [0.1, 0.15) is 110 Å². The average molecular weight is 417 g/mol. The number of hydrogen-bond donors (Lipinski definition) is 0. The number of hydrogen-bond acceptors (Lipinski definition) is 2. The molecule has 0 heterocycles. The Morgan fingerprint density at radius 3 is 1.96 bits per heavy atom. The summed E-state index contributed by atoms with van der Waals surface area (Å²) in [6, 6.07) is 0. The van der Waals surface area contributed by atoms with E-state index in [0.29, 0.717) is 6.61 Å². The summed E-state index contributed by atoms with van der Waals surface area (Å²) in [5.74, 6) is -0.135. The normalized spacial score (nSPS) is 11.7. The van der Waals surface area contributed by atoms with Gasteiger partial charge in [-0.3, -0.25) is 0 Å². The molecule has 0 N–H and O–H groups in total. The van der Waals surface area contributed by atoms with Crippen molar-refractivity contribution >= 4 is 21.9 Å². The highest BCUT2D eigenvalue weighted by atomic mass is 79.9. The molecule has 0 radical (unpaired) electrons. The number of esters is 1. The first-order valence-electron chi connectivity index (χ1n) is 10.7. The van der Waals surface area contributed by atoms with Gasteiger partial charge in [0.2, 0.25) is 0 Å². The number of allylic oxidation sites excluding steroid dienone is 1. The van der Waals surface area contributed by atoms with E-state index in [1.165, 1.54) is 69.8 Å². The van der Waals surface area contributed by atoms with Crippen molar-refractivity contribution in [3.8, 4) is 0 Å². The van der Waals surface area contributed by atoms with E-state index in [9.17, 15) is 4.79 Å². The van der Waals surface area contributed by atoms with Crippen LogP contribution in [0.15, 0.2) is 11.6 Å². The highest BCUT2D eigenvalue weighted by Crippen LogP contribution is 2.17. The lowest BCUT2D eigenvalue weighted by molar-refractivity contribution is -0.137. The molecule has 0 aromatic rings. The van der Waals surface area contributed by atoms with Crippen LogP contribution in [0.2, 0.25) is 0 Å². The minimum Gasteiger partial charge on any atom is -0.463 e. The molecule has 0 amide bonds. The van der Waals surface area contributed by atoms with E-state index in [0.717, 1.165) is 37.4 Å². The summed E-state index contributed by atoms with van der Waals surface area (Å²) in [6.45, 7) is 5.02. The fourth-order valence-corrected chi connectivity index (χ4v) is 3.31. The molecule has 3 heteroatoms. The Kier molecular flexibility index (Phi) is 19.8. The molecule has 0 unspecified atom stereocenters. The van der Waals surface area contributed by atoms with Crippen molar-refractivity contribution in [3.63, 3.8) is 0 Å². The minimum absolute atomic E-state index is 0.135. The lowest BCUT2D eigenvalue weighted by atomic mass is 10.0. The molecule has 0 aliphatic heterocycles. The zero-order chi connectivity index (χ0) is 18.6. The fraction of sp³-hybridized carbons (Fsp3) is 0.864. The number of halogens is 1. The number of carbonyl (C=O) groups excluding carboxylic acids is 1. The molecule has 0 aliphatic carbocycles. The molecular weight excluding hydrogens is 376 g/mol. The van der Waals surface area contributed by atoms with E-state index in [1.54, 1.807) is 6.08 Å². The average Bonchev–Trinajstić information content (AvgIpc) is 2.61. The summed E-state index contributed by atoms with van der Waals surface area (Å²) in [4.78, 5) is 12.0. The SMILES string of the molecule is CCCCCCCCCC/C(=C/C(=O)OCCCCCBr)CCCC. The third kappa shape index (κ3) is 18.3. The summed E-state index contributed by atoms with van der Waals surface area (Å²) in [5.41, 5.74) is 1.29. The van der Waals surface area contributed by atoms with Crippen LogP contribution in [0.3, 0.4) is 0 Å². The van der Waals surface area contributed by atoms with Gasteiger partial charge in [-0.15, -0.1) is 0 Å². The van der Waals surface area contributed by atoms with Crippen molar-refractivity contribution in [2.45, 2.75) is 110 Å². The molecule has 0 aliphatic rings. The summed E-state index contributed by atoms with van der Waals surface area (Å²) >= 11 is 3.42. The maximum Gasteiger partial charge on any atom is 0.330 e. The Hall–Kier alpha value is -0.310. The number of carbonyl (C=O) groups is 1. The van der Waals surface area contributed by atoms with E-state index in [2.05, 4.69) is 29.8 Å². The Morgan fingerprint density at radius 1 is 0.760 bits per heavy atom. The van der Waals surface area contributed by atoms with Gasteiger partial charge >= 0.3 is 5.97 Å². The third-order valence-electron chi connectivity index (χ3n) is 4.55. The quantitative estimate of drug-likeness (QED) is 0.0986. The first kappa shape index (κ1) is 24.7. The van der Waals surface area contributed by atoms with Gasteiger partial charge in [-0.1, -0.05) is 86.7 Å². The van der Waals surface area contributed by atoms with Gasteiger partial charge in [-0.05, 0) is 44.9 Å². The van der Waals surface area contributed by atoms with Crippen LogP contribution in [0, 0.1) is 0 Å². The van der Waals surface area contributed by atoms with Gasteiger partial charge < -0.3 is 4.74 Å². The molecule has 2 nitrogen and oxygen atoms in total. The second kappa shape index (κ2) is 20.0. The van der Waals surface area contributed by atoms with Crippen molar-refractivity contribution in [1.82, 2.24) is 0 Å². The molecule has 0 saturated carbocycles. The Bertz CT molecular complexity index is 326. The maximum atomic E-state index is 12.0. The molecule has 25 heavy (non-hydrogen) atoms. The van der Waals surface area contributed by atoms with E-state index in [4.69, 9.17) is 4.74 Å². The smallest absolute Gasteiger partial charge is 0.330 e. The standard InChI is InChI=1S/C22H41BrO2/c1-3-5-7-8-9-10-11-13-17-21(16-6-4-2)20-22(24)25-19-15-12-14-18-23/h20H,3-19H2,1-2H3/b21-20+. The lowest BCUT2D eigenvalue weighted by Crippen LogP contribution is -2.04. The largest absolute Gasteiger partial charge is 0.463 e. The maximum absolute atomic E-state index is 12.0. The van der Waals surface area contributed by atoms with Crippen LogP contribution in [0.25, 0.3) is 0 Å². The van der Waals surface area contributed by atoms with Crippen LogP contribution in [-0.4, -0.2) is 17.9 Å². The van der Waals surface area contributed by atoms with Crippen LogP contribution < -0.4 is 0 Å². The van der Waals surface area contributed by atoms with Crippen LogP contribution >= 0.6 is 15.9 Å². The van der Waals surface area contributed by atoms with Crippen molar-refractivity contribution in [2.75, 3.05) is 11.9 Å². The van der Waals surface area contributed by atoms with Crippen molar-refractivity contribution < 1.29 is 9.53 Å². The van der Waals surface area contributed by atoms with Gasteiger partial charge in [0.05, 0.1) is 6.61 Å². The van der Waals surface area contributed by atoms with Crippen molar-refractivity contribution in [1.29, 1.82) is 0 Å². The predicted octanol–water partition coefficient (Wildman–Crippen LogP) is 7.74. The molecule has 148 valence electrons. The minimum atomic E-state index is -0.135. The summed E-state index contributed by atoms with van der Waals surface area (Å²) in [6.07, 6.45) is 20.1. The first-order valence-corrected chi connectivity index (χ1v) is 11.8. The van der Waals surface area contributed by atoms with Gasteiger partial charge in [-0.25, -0.2) is 4.79 Å². The molecule has 0 aromatic heterocycles. The summed E-state index contributed by atoms with van der Waals surface area (Å²) in [5, 5.41) is 1.03. The molecule has 0 spiro atoms. The second-order valence-corrected chi connectivity index (χ2v) is 7.84. The number of alkyl halides is 1. The van der Waals surface area contributed by atoms with E-state index in [-0.39, 0.29) is 5.97 Å². The van der Waals surface area contributed by atoms with Gasteiger partial charge in [-0.2, -0.15) is 0 Å². The van der Waals surface area contributed by atoms with Gasteiger partial charge in [0, 0.05) is 11.4 Å². The molecule has 0 aromatic carbocycles. The molecule has 0 fully saturated rings. The third-order valence-corrected chi connectivity index (χ3v) is 5.11. The lowest BCUT2D eigenvalue weighted by Gasteiger charge is -2.08. The van der Waals surface area contributed by atoms with E-state index >= 15 is 0 Å². The number of ether oxygens (including phenoxy) is 1. The fourth-order valence-electron chi connectivity index (χ4n) is 2.91. The monoisotopic (exact) mass is 416 g/mol. The van der Waals surface area contributed by atoms with Gasteiger partial charge in [0.1, 0.15) is 0 Å².